The quantitative estimate of drug-likeness (QED) is 0.196. The van der Waals surface area contributed by atoms with Gasteiger partial charge in [0.2, 0.25) is 0 Å². The van der Waals surface area contributed by atoms with Crippen LogP contribution in [-0.4, -0.2) is 8.80 Å². The molecular weight excluding hydrogens is 508 g/mol. The van der Waals surface area contributed by atoms with E-state index in [0.717, 1.165) is 0 Å². The Bertz CT molecular complexity index is 2470. The topological polar surface area (TPSA) is 8.82 Å². The average Bonchev–Trinajstić information content (AvgIpc) is 3.60. The lowest BCUT2D eigenvalue weighted by Gasteiger charge is -2.12. The number of benzene rings is 7. The van der Waals surface area contributed by atoms with Gasteiger partial charge in [0.05, 0.1) is 33.1 Å². The molecule has 0 amide bonds. The molecule has 10 aromatic rings. The van der Waals surface area contributed by atoms with Crippen LogP contribution in [0.2, 0.25) is 0 Å². The number of hydrogen-bond donors (Lipinski definition) is 0. The summed E-state index contributed by atoms with van der Waals surface area (Å²) in [5.74, 6) is 0. The van der Waals surface area contributed by atoms with Gasteiger partial charge >= 0.3 is 0 Å². The van der Waals surface area contributed by atoms with Gasteiger partial charge < -0.3 is 8.80 Å². The largest absolute Gasteiger partial charge is 0.305 e. The zero-order valence-electron chi connectivity index (χ0n) is 22.8. The summed E-state index contributed by atoms with van der Waals surface area (Å²) in [4.78, 5) is 0. The highest BCUT2D eigenvalue weighted by Crippen LogP contribution is 2.50. The fourth-order valence-corrected chi connectivity index (χ4v) is 7.63. The standard InChI is InChI=1S/C40H24N2/c1-3-13-25(14-4-1)27-19-11-23-33-35(27)37-29-17-7-8-18-30(29)38-36-28(26-15-5-2-6-16-26)20-12-24-34(36)42-32-22-10-9-21-31(32)41(33)39(37)40(38)42/h1-24H. The van der Waals surface area contributed by atoms with E-state index in [4.69, 9.17) is 0 Å². The minimum absolute atomic E-state index is 1.22. The van der Waals surface area contributed by atoms with Crippen LogP contribution in [0.5, 0.6) is 0 Å². The molecule has 0 spiro atoms. The first-order valence-corrected chi connectivity index (χ1v) is 14.6. The summed E-state index contributed by atoms with van der Waals surface area (Å²) in [5, 5.41) is 7.88. The van der Waals surface area contributed by atoms with Crippen LogP contribution < -0.4 is 0 Å². The Kier molecular flexibility index (Phi) is 4.21. The molecule has 2 heteroatoms. The predicted octanol–water partition coefficient (Wildman–Crippen LogP) is 10.7. The van der Waals surface area contributed by atoms with Crippen LogP contribution in [0.1, 0.15) is 0 Å². The SMILES string of the molecule is c1ccc(-c2cccc3c2c2c4ccccc4c4c5c(-c6ccccc6)cccc5n5c6ccccc6n3c2c45)cc1. The van der Waals surface area contributed by atoms with E-state index in [1.54, 1.807) is 0 Å². The molecule has 194 valence electrons. The molecule has 10 rings (SSSR count). The second kappa shape index (κ2) is 7.99. The van der Waals surface area contributed by atoms with Crippen molar-refractivity contribution in [3.05, 3.63) is 146 Å². The van der Waals surface area contributed by atoms with Crippen molar-refractivity contribution >= 4 is 65.4 Å². The molecule has 0 aliphatic heterocycles. The Morgan fingerprint density at radius 3 is 1.12 bits per heavy atom. The monoisotopic (exact) mass is 532 g/mol. The molecule has 3 aromatic heterocycles. The van der Waals surface area contributed by atoms with Gasteiger partial charge in [-0.15, -0.1) is 0 Å². The van der Waals surface area contributed by atoms with Gasteiger partial charge in [0.1, 0.15) is 0 Å². The maximum absolute atomic E-state index is 2.53. The third-order valence-electron chi connectivity index (χ3n) is 9.21. The molecule has 0 aliphatic rings. The van der Waals surface area contributed by atoms with E-state index in [0.29, 0.717) is 0 Å². The molecule has 0 bridgehead atoms. The van der Waals surface area contributed by atoms with Gasteiger partial charge in [0.25, 0.3) is 0 Å². The van der Waals surface area contributed by atoms with Crippen molar-refractivity contribution < 1.29 is 0 Å². The molecule has 0 N–H and O–H groups in total. The van der Waals surface area contributed by atoms with Crippen molar-refractivity contribution in [3.8, 4) is 22.3 Å². The molecule has 42 heavy (non-hydrogen) atoms. The number of aromatic nitrogens is 2. The van der Waals surface area contributed by atoms with Gasteiger partial charge in [-0.2, -0.15) is 0 Å². The van der Waals surface area contributed by atoms with Crippen LogP contribution in [-0.2, 0) is 0 Å². The maximum atomic E-state index is 2.53. The molecule has 0 unspecified atom stereocenters. The summed E-state index contributed by atoms with van der Waals surface area (Å²) in [7, 11) is 0. The molecule has 3 heterocycles. The lowest BCUT2D eigenvalue weighted by Crippen LogP contribution is -1.97. The average molecular weight is 533 g/mol. The first kappa shape index (κ1) is 22.1. The highest BCUT2D eigenvalue weighted by atomic mass is 15.0. The lowest BCUT2D eigenvalue weighted by atomic mass is 9.93. The zero-order valence-corrected chi connectivity index (χ0v) is 22.8. The fourth-order valence-electron chi connectivity index (χ4n) is 7.63. The molecule has 0 saturated heterocycles. The smallest absolute Gasteiger partial charge is 0.0796 e. The molecule has 0 aliphatic carbocycles. The number of hydrogen-bond acceptors (Lipinski definition) is 0. The van der Waals surface area contributed by atoms with Gasteiger partial charge in [-0.1, -0.05) is 121 Å². The van der Waals surface area contributed by atoms with E-state index < -0.39 is 0 Å². The third kappa shape index (κ3) is 2.65. The second-order valence-corrected chi connectivity index (χ2v) is 11.3. The van der Waals surface area contributed by atoms with Gasteiger partial charge in [-0.25, -0.2) is 0 Å². The highest BCUT2D eigenvalue weighted by Gasteiger charge is 2.26. The number of nitrogens with zero attached hydrogens (tertiary/aromatic N) is 2. The second-order valence-electron chi connectivity index (χ2n) is 11.3. The van der Waals surface area contributed by atoms with Crippen molar-refractivity contribution in [3.63, 3.8) is 0 Å². The predicted molar refractivity (Wildman–Crippen MR) is 178 cm³/mol. The summed E-state index contributed by atoms with van der Waals surface area (Å²) >= 11 is 0. The Morgan fingerprint density at radius 2 is 0.667 bits per heavy atom. The summed E-state index contributed by atoms with van der Waals surface area (Å²) in [5.41, 5.74) is 12.5. The molecule has 7 aromatic carbocycles. The normalized spacial score (nSPS) is 12.3. The van der Waals surface area contributed by atoms with Crippen LogP contribution in [0.25, 0.3) is 87.7 Å². The van der Waals surface area contributed by atoms with Crippen LogP contribution in [0.4, 0.5) is 0 Å². The Hall–Kier alpha value is -5.60. The van der Waals surface area contributed by atoms with Crippen molar-refractivity contribution in [2.75, 3.05) is 0 Å². The van der Waals surface area contributed by atoms with Gasteiger partial charge in [-0.3, -0.25) is 0 Å². The molecule has 0 atom stereocenters. The van der Waals surface area contributed by atoms with Crippen LogP contribution >= 0.6 is 0 Å². The van der Waals surface area contributed by atoms with Crippen molar-refractivity contribution in [2.45, 2.75) is 0 Å². The van der Waals surface area contributed by atoms with E-state index in [2.05, 4.69) is 154 Å². The van der Waals surface area contributed by atoms with Crippen molar-refractivity contribution in [1.29, 1.82) is 0 Å². The Labute approximate surface area is 241 Å². The van der Waals surface area contributed by atoms with Crippen LogP contribution in [0, 0.1) is 0 Å². The molecule has 0 saturated carbocycles. The molecule has 0 radical (unpaired) electrons. The molecule has 0 fully saturated rings. The van der Waals surface area contributed by atoms with Crippen LogP contribution in [0.3, 0.4) is 0 Å². The van der Waals surface area contributed by atoms with Gasteiger partial charge in [-0.05, 0) is 57.3 Å². The number of para-hydroxylation sites is 2. The lowest BCUT2D eigenvalue weighted by molar-refractivity contribution is 1.26. The van der Waals surface area contributed by atoms with E-state index in [1.165, 1.54) is 87.7 Å². The highest BCUT2D eigenvalue weighted by molar-refractivity contribution is 6.39. The minimum atomic E-state index is 1.22. The summed E-state index contributed by atoms with van der Waals surface area (Å²) in [6.07, 6.45) is 0. The van der Waals surface area contributed by atoms with Gasteiger partial charge in [0.15, 0.2) is 0 Å². The van der Waals surface area contributed by atoms with E-state index >= 15 is 0 Å². The van der Waals surface area contributed by atoms with E-state index in [9.17, 15) is 0 Å². The first-order valence-electron chi connectivity index (χ1n) is 14.6. The Morgan fingerprint density at radius 1 is 0.286 bits per heavy atom. The van der Waals surface area contributed by atoms with E-state index in [-0.39, 0.29) is 0 Å². The fraction of sp³-hybridized carbons (Fsp3) is 0. The summed E-state index contributed by atoms with van der Waals surface area (Å²) in [6, 6.07) is 53.2. The van der Waals surface area contributed by atoms with Gasteiger partial charge in [0, 0.05) is 21.5 Å². The van der Waals surface area contributed by atoms with Crippen molar-refractivity contribution in [1.82, 2.24) is 8.80 Å². The maximum Gasteiger partial charge on any atom is 0.0796 e. The zero-order chi connectivity index (χ0) is 27.4. The van der Waals surface area contributed by atoms with Crippen LogP contribution in [0.15, 0.2) is 146 Å². The summed E-state index contributed by atoms with van der Waals surface area (Å²) < 4.78 is 5.06. The number of rotatable bonds is 2. The van der Waals surface area contributed by atoms with Crippen molar-refractivity contribution in [2.24, 2.45) is 0 Å². The minimum Gasteiger partial charge on any atom is -0.305 e. The molecular formula is C40H24N2. The molecule has 2 nitrogen and oxygen atoms in total. The first-order chi connectivity index (χ1) is 20.9. The Balaban J connectivity index is 1.60. The van der Waals surface area contributed by atoms with E-state index in [1.807, 2.05) is 0 Å². The summed E-state index contributed by atoms with van der Waals surface area (Å²) in [6.45, 7) is 0. The third-order valence-corrected chi connectivity index (χ3v) is 9.21. The number of fused-ring (bicyclic) bond motifs is 12.